The van der Waals surface area contributed by atoms with Gasteiger partial charge in [-0.15, -0.1) is 0 Å². The highest BCUT2D eigenvalue weighted by molar-refractivity contribution is 5.78. The fourth-order valence-corrected chi connectivity index (χ4v) is 3.49. The number of methoxy groups -OCH3 is 2. The van der Waals surface area contributed by atoms with E-state index < -0.39 is 0 Å². The maximum absolute atomic E-state index is 12.8. The van der Waals surface area contributed by atoms with Crippen LogP contribution in [0.25, 0.3) is 0 Å². The van der Waals surface area contributed by atoms with Crippen molar-refractivity contribution in [3.8, 4) is 11.5 Å². The second-order valence-corrected chi connectivity index (χ2v) is 7.20. The summed E-state index contributed by atoms with van der Waals surface area (Å²) in [6.07, 6.45) is 0.836. The van der Waals surface area contributed by atoms with E-state index in [9.17, 15) is 4.79 Å². The number of carbonyl (C=O) groups excluding carboxylic acids is 1. The van der Waals surface area contributed by atoms with Gasteiger partial charge in [-0.25, -0.2) is 0 Å². The minimum atomic E-state index is 0.157. The minimum Gasteiger partial charge on any atom is -0.493 e. The van der Waals surface area contributed by atoms with Crippen LogP contribution in [-0.4, -0.2) is 50.1 Å². The molecule has 1 heterocycles. The number of ether oxygens (including phenoxy) is 2. The van der Waals surface area contributed by atoms with Gasteiger partial charge in [0, 0.05) is 19.6 Å². The Morgan fingerprint density at radius 2 is 1.70 bits per heavy atom. The van der Waals surface area contributed by atoms with Gasteiger partial charge in [-0.2, -0.15) is 0 Å². The van der Waals surface area contributed by atoms with Crippen molar-refractivity contribution >= 4 is 5.91 Å². The van der Waals surface area contributed by atoms with E-state index in [2.05, 4.69) is 36.1 Å². The third-order valence-corrected chi connectivity index (χ3v) is 5.05. The summed E-state index contributed by atoms with van der Waals surface area (Å²) in [4.78, 5) is 16.8. The summed E-state index contributed by atoms with van der Waals surface area (Å²) in [7, 11) is 5.27. The van der Waals surface area contributed by atoms with Crippen molar-refractivity contribution in [1.29, 1.82) is 0 Å². The number of hydrogen-bond donors (Lipinski definition) is 0. The highest BCUT2D eigenvalue weighted by atomic mass is 16.5. The Kier molecular flexibility index (Phi) is 6.01. The molecular weight excluding hydrogens is 340 g/mol. The first-order valence-corrected chi connectivity index (χ1v) is 9.25. The van der Waals surface area contributed by atoms with Crippen LogP contribution in [-0.2, 0) is 24.3 Å². The molecule has 2 aromatic rings. The van der Waals surface area contributed by atoms with Crippen molar-refractivity contribution in [1.82, 2.24) is 9.80 Å². The molecular formula is C22H28N2O3. The Morgan fingerprint density at radius 1 is 1.07 bits per heavy atom. The standard InChI is InChI=1S/C22H28N2O3/c1-16-5-7-17(8-6-16)13-23(2)15-22(25)24-10-9-18-11-20(26-3)21(27-4)12-19(18)14-24/h5-8,11-12H,9-10,13-15H2,1-4H3. The maximum Gasteiger partial charge on any atom is 0.237 e. The molecule has 0 unspecified atom stereocenters. The molecule has 0 bridgehead atoms. The Morgan fingerprint density at radius 3 is 2.33 bits per heavy atom. The van der Waals surface area contributed by atoms with Crippen LogP contribution in [0.1, 0.15) is 22.3 Å². The largest absolute Gasteiger partial charge is 0.493 e. The van der Waals surface area contributed by atoms with Crippen molar-refractivity contribution in [3.05, 3.63) is 58.7 Å². The van der Waals surface area contributed by atoms with Gasteiger partial charge in [-0.05, 0) is 49.2 Å². The van der Waals surface area contributed by atoms with E-state index in [1.165, 1.54) is 16.7 Å². The predicted octanol–water partition coefficient (Wildman–Crippen LogP) is 3.03. The molecule has 0 radical (unpaired) electrons. The van der Waals surface area contributed by atoms with E-state index in [1.54, 1.807) is 14.2 Å². The summed E-state index contributed by atoms with van der Waals surface area (Å²) in [5, 5.41) is 0. The monoisotopic (exact) mass is 368 g/mol. The highest BCUT2D eigenvalue weighted by Gasteiger charge is 2.23. The third-order valence-electron chi connectivity index (χ3n) is 5.05. The molecule has 5 heteroatoms. The highest BCUT2D eigenvalue weighted by Crippen LogP contribution is 2.33. The first-order chi connectivity index (χ1) is 13.0. The van der Waals surface area contributed by atoms with E-state index in [1.807, 2.05) is 24.1 Å². The normalized spacial score (nSPS) is 13.4. The van der Waals surface area contributed by atoms with Crippen molar-refractivity contribution < 1.29 is 14.3 Å². The molecule has 27 heavy (non-hydrogen) atoms. The van der Waals surface area contributed by atoms with Crippen molar-refractivity contribution in [2.24, 2.45) is 0 Å². The third kappa shape index (κ3) is 4.61. The van der Waals surface area contributed by atoms with Gasteiger partial charge in [-0.3, -0.25) is 9.69 Å². The second-order valence-electron chi connectivity index (χ2n) is 7.20. The zero-order chi connectivity index (χ0) is 19.4. The summed E-state index contributed by atoms with van der Waals surface area (Å²) < 4.78 is 10.8. The summed E-state index contributed by atoms with van der Waals surface area (Å²) in [5.41, 5.74) is 4.83. The van der Waals surface area contributed by atoms with Crippen LogP contribution in [0, 0.1) is 6.92 Å². The fraction of sp³-hybridized carbons (Fsp3) is 0.409. The van der Waals surface area contributed by atoms with E-state index in [4.69, 9.17) is 9.47 Å². The molecule has 0 fully saturated rings. The lowest BCUT2D eigenvalue weighted by Gasteiger charge is -2.31. The van der Waals surface area contributed by atoms with E-state index in [0.29, 0.717) is 18.8 Å². The van der Waals surface area contributed by atoms with E-state index in [0.717, 1.165) is 30.8 Å². The Balaban J connectivity index is 1.62. The van der Waals surface area contributed by atoms with Crippen LogP contribution >= 0.6 is 0 Å². The number of carbonyl (C=O) groups is 1. The maximum atomic E-state index is 12.8. The first kappa shape index (κ1) is 19.2. The SMILES string of the molecule is COc1cc2c(cc1OC)CN(C(=O)CN(C)Cc1ccc(C)cc1)CC2. The molecule has 0 aromatic heterocycles. The van der Waals surface area contributed by atoms with Crippen LogP contribution in [0.15, 0.2) is 36.4 Å². The lowest BCUT2D eigenvalue weighted by molar-refractivity contribution is -0.133. The molecule has 0 aliphatic carbocycles. The fourth-order valence-electron chi connectivity index (χ4n) is 3.49. The molecule has 0 spiro atoms. The van der Waals surface area contributed by atoms with Gasteiger partial charge in [0.15, 0.2) is 11.5 Å². The number of hydrogen-bond acceptors (Lipinski definition) is 4. The number of amides is 1. The summed E-state index contributed by atoms with van der Waals surface area (Å²) in [6, 6.07) is 12.5. The van der Waals surface area contributed by atoms with Crippen LogP contribution in [0.2, 0.25) is 0 Å². The molecule has 0 saturated carbocycles. The summed E-state index contributed by atoms with van der Waals surface area (Å²) >= 11 is 0. The van der Waals surface area contributed by atoms with Crippen LogP contribution < -0.4 is 9.47 Å². The van der Waals surface area contributed by atoms with Gasteiger partial charge in [0.1, 0.15) is 0 Å². The summed E-state index contributed by atoms with van der Waals surface area (Å²) in [5.74, 6) is 1.61. The van der Waals surface area contributed by atoms with Gasteiger partial charge in [0.25, 0.3) is 0 Å². The minimum absolute atomic E-state index is 0.157. The molecule has 5 nitrogen and oxygen atoms in total. The molecule has 1 aliphatic rings. The van der Waals surface area contributed by atoms with Crippen molar-refractivity contribution in [3.63, 3.8) is 0 Å². The molecule has 1 amide bonds. The van der Waals surface area contributed by atoms with Gasteiger partial charge < -0.3 is 14.4 Å². The topological polar surface area (TPSA) is 42.0 Å². The summed E-state index contributed by atoms with van der Waals surface area (Å²) in [6.45, 7) is 4.61. The predicted molar refractivity (Wildman–Crippen MR) is 106 cm³/mol. The molecule has 0 N–H and O–H groups in total. The van der Waals surface area contributed by atoms with Gasteiger partial charge >= 0.3 is 0 Å². The average Bonchev–Trinajstić information content (AvgIpc) is 2.68. The molecule has 0 atom stereocenters. The van der Waals surface area contributed by atoms with E-state index >= 15 is 0 Å². The van der Waals surface area contributed by atoms with Gasteiger partial charge in [0.2, 0.25) is 5.91 Å². The number of aryl methyl sites for hydroxylation is 1. The number of rotatable bonds is 6. The van der Waals surface area contributed by atoms with Crippen LogP contribution in [0.5, 0.6) is 11.5 Å². The number of benzene rings is 2. The van der Waals surface area contributed by atoms with Crippen LogP contribution in [0.4, 0.5) is 0 Å². The van der Waals surface area contributed by atoms with Crippen molar-refractivity contribution in [2.45, 2.75) is 26.4 Å². The quantitative estimate of drug-likeness (QED) is 0.786. The van der Waals surface area contributed by atoms with Gasteiger partial charge in [0.05, 0.1) is 20.8 Å². The molecule has 2 aromatic carbocycles. The van der Waals surface area contributed by atoms with E-state index in [-0.39, 0.29) is 5.91 Å². The Hall–Kier alpha value is -2.53. The molecule has 1 aliphatic heterocycles. The zero-order valence-electron chi connectivity index (χ0n) is 16.6. The lowest BCUT2D eigenvalue weighted by atomic mass is 9.98. The molecule has 144 valence electrons. The van der Waals surface area contributed by atoms with Crippen molar-refractivity contribution in [2.75, 3.05) is 34.4 Å². The number of fused-ring (bicyclic) bond motifs is 1. The molecule has 3 rings (SSSR count). The second kappa shape index (κ2) is 8.44. The lowest BCUT2D eigenvalue weighted by Crippen LogP contribution is -2.41. The Bertz CT molecular complexity index is 802. The zero-order valence-corrected chi connectivity index (χ0v) is 16.6. The number of likely N-dealkylation sites (N-methyl/N-ethyl adjacent to an activating group) is 1. The Labute approximate surface area is 161 Å². The smallest absolute Gasteiger partial charge is 0.237 e. The molecule has 0 saturated heterocycles. The first-order valence-electron chi connectivity index (χ1n) is 9.25. The average molecular weight is 368 g/mol. The van der Waals surface area contributed by atoms with Crippen LogP contribution in [0.3, 0.4) is 0 Å². The van der Waals surface area contributed by atoms with Gasteiger partial charge in [-0.1, -0.05) is 29.8 Å². The number of nitrogens with zero attached hydrogens (tertiary/aromatic N) is 2.